The van der Waals surface area contributed by atoms with Gasteiger partial charge < -0.3 is 25.0 Å². The number of benzene rings is 2. The van der Waals surface area contributed by atoms with Crippen molar-refractivity contribution in [2.24, 2.45) is 5.41 Å². The minimum absolute atomic E-state index is 0.0967. The van der Waals surface area contributed by atoms with Gasteiger partial charge >= 0.3 is 12.1 Å². The van der Waals surface area contributed by atoms with Crippen LogP contribution in [0.4, 0.5) is 4.79 Å². The number of fused-ring (bicyclic) bond motifs is 3. The fourth-order valence-electron chi connectivity index (χ4n) is 4.34. The van der Waals surface area contributed by atoms with E-state index in [-0.39, 0.29) is 19.1 Å². The van der Waals surface area contributed by atoms with Crippen LogP contribution in [0.2, 0.25) is 0 Å². The largest absolute Gasteiger partial charge is 0.480 e. The molecule has 0 radical (unpaired) electrons. The number of alkyl carbamates (subject to hydrolysis) is 1. The van der Waals surface area contributed by atoms with E-state index in [4.69, 9.17) is 4.74 Å². The van der Waals surface area contributed by atoms with Gasteiger partial charge in [-0.3, -0.25) is 9.59 Å². The summed E-state index contributed by atoms with van der Waals surface area (Å²) in [6.45, 7) is 5.90. The molecule has 1 atom stereocenters. The fraction of sp³-hybridized carbons (Fsp3) is 0.444. The summed E-state index contributed by atoms with van der Waals surface area (Å²) in [4.78, 5) is 40.7. The summed E-state index contributed by atoms with van der Waals surface area (Å²) < 4.78 is 5.63. The van der Waals surface area contributed by atoms with Gasteiger partial charge in [0.25, 0.3) is 0 Å². The Kier molecular flexibility index (Phi) is 8.17. The molecule has 2 amide bonds. The first-order chi connectivity index (χ1) is 16.5. The average Bonchev–Trinajstić information content (AvgIpc) is 3.11. The summed E-state index contributed by atoms with van der Waals surface area (Å²) in [6, 6.07) is 15.2. The van der Waals surface area contributed by atoms with Crippen LogP contribution in [0, 0.1) is 5.41 Å². The molecule has 3 rings (SSSR count). The van der Waals surface area contributed by atoms with Gasteiger partial charge in [-0.15, -0.1) is 0 Å². The Hall–Kier alpha value is -3.39. The molecule has 2 N–H and O–H groups in total. The number of carbonyl (C=O) groups excluding carboxylic acids is 2. The van der Waals surface area contributed by atoms with Gasteiger partial charge in [0.1, 0.15) is 19.2 Å². The van der Waals surface area contributed by atoms with Crippen LogP contribution in [0.15, 0.2) is 48.5 Å². The van der Waals surface area contributed by atoms with Crippen molar-refractivity contribution in [1.82, 2.24) is 15.1 Å². The molecule has 1 aliphatic rings. The van der Waals surface area contributed by atoms with Gasteiger partial charge in [-0.1, -0.05) is 69.3 Å². The molecule has 0 bridgehead atoms. The number of rotatable bonds is 9. The predicted molar refractivity (Wildman–Crippen MR) is 134 cm³/mol. The minimum atomic E-state index is -1.11. The Bertz CT molecular complexity index is 1030. The Labute approximate surface area is 206 Å². The monoisotopic (exact) mass is 481 g/mol. The third kappa shape index (κ3) is 6.39. The quantitative estimate of drug-likeness (QED) is 0.570. The van der Waals surface area contributed by atoms with Crippen LogP contribution in [0.3, 0.4) is 0 Å². The molecule has 0 unspecified atom stereocenters. The van der Waals surface area contributed by atoms with Gasteiger partial charge in [-0.25, -0.2) is 4.79 Å². The fourth-order valence-corrected chi connectivity index (χ4v) is 4.34. The smallest absolute Gasteiger partial charge is 0.407 e. The topological polar surface area (TPSA) is 99.2 Å². The SMILES string of the molecule is CN(C)CCN(CC(=O)O)C(=O)[C@H](NC(=O)OCC1c2ccccc2-c2ccccc21)C(C)(C)C. The zero-order valence-corrected chi connectivity index (χ0v) is 21.1. The normalized spacial score (nSPS) is 13.7. The number of carbonyl (C=O) groups is 3. The Morgan fingerprint density at radius 3 is 2.00 bits per heavy atom. The van der Waals surface area contributed by atoms with Crippen LogP contribution in [-0.2, 0) is 14.3 Å². The van der Waals surface area contributed by atoms with Gasteiger partial charge in [0, 0.05) is 19.0 Å². The summed E-state index contributed by atoms with van der Waals surface area (Å²) in [5.74, 6) is -1.65. The van der Waals surface area contributed by atoms with Crippen molar-refractivity contribution < 1.29 is 24.2 Å². The molecule has 0 fully saturated rings. The van der Waals surface area contributed by atoms with Crippen molar-refractivity contribution >= 4 is 18.0 Å². The first kappa shape index (κ1) is 26.2. The second-order valence-electron chi connectivity index (χ2n) is 10.2. The van der Waals surface area contributed by atoms with E-state index in [1.807, 2.05) is 76.2 Å². The Morgan fingerprint density at radius 2 is 1.51 bits per heavy atom. The molecule has 0 spiro atoms. The van der Waals surface area contributed by atoms with Crippen molar-refractivity contribution in [3.8, 4) is 11.1 Å². The molecule has 1 aliphatic carbocycles. The molecule has 8 heteroatoms. The number of carboxylic acid groups (broad SMARTS) is 1. The molecule has 8 nitrogen and oxygen atoms in total. The van der Waals surface area contributed by atoms with E-state index in [9.17, 15) is 19.5 Å². The van der Waals surface area contributed by atoms with E-state index in [0.29, 0.717) is 6.54 Å². The molecule has 0 heterocycles. The maximum absolute atomic E-state index is 13.3. The standard InChI is InChI=1S/C27H35N3O5/c1-27(2,3)24(25(33)30(16-23(31)32)15-14-29(4)5)28-26(34)35-17-22-20-12-8-6-10-18(20)19-11-7-9-13-21(19)22/h6-13,22,24H,14-17H2,1-5H3,(H,28,34)(H,31,32)/t24-/m0/s1. The maximum Gasteiger partial charge on any atom is 0.407 e. The van der Waals surface area contributed by atoms with Gasteiger partial charge in [0.05, 0.1) is 0 Å². The number of likely N-dealkylation sites (N-methyl/N-ethyl adjacent to an activating group) is 1. The zero-order valence-electron chi connectivity index (χ0n) is 21.1. The number of carboxylic acids is 1. The lowest BCUT2D eigenvalue weighted by Crippen LogP contribution is -2.56. The Morgan fingerprint density at radius 1 is 0.971 bits per heavy atom. The van der Waals surface area contributed by atoms with E-state index in [1.54, 1.807) is 0 Å². The second-order valence-corrected chi connectivity index (χ2v) is 10.2. The van der Waals surface area contributed by atoms with Crippen molar-refractivity contribution in [3.63, 3.8) is 0 Å². The molecule has 188 valence electrons. The summed E-state index contributed by atoms with van der Waals surface area (Å²) >= 11 is 0. The molecule has 2 aromatic rings. The first-order valence-electron chi connectivity index (χ1n) is 11.8. The van der Waals surface area contributed by atoms with Crippen LogP contribution in [0.1, 0.15) is 37.8 Å². The Balaban J connectivity index is 1.72. The lowest BCUT2D eigenvalue weighted by molar-refractivity contribution is -0.146. The molecule has 2 aromatic carbocycles. The van der Waals surface area contributed by atoms with Gasteiger partial charge in [0.2, 0.25) is 5.91 Å². The van der Waals surface area contributed by atoms with E-state index in [0.717, 1.165) is 22.3 Å². The number of ether oxygens (including phenoxy) is 1. The van der Waals surface area contributed by atoms with E-state index in [2.05, 4.69) is 17.4 Å². The van der Waals surface area contributed by atoms with E-state index >= 15 is 0 Å². The van der Waals surface area contributed by atoms with Crippen LogP contribution in [0.5, 0.6) is 0 Å². The van der Waals surface area contributed by atoms with Gasteiger partial charge in [-0.2, -0.15) is 0 Å². The number of nitrogens with zero attached hydrogens (tertiary/aromatic N) is 2. The van der Waals surface area contributed by atoms with E-state index < -0.39 is 36.0 Å². The summed E-state index contributed by atoms with van der Waals surface area (Å²) in [5, 5.41) is 12.0. The molecule has 0 aromatic heterocycles. The molecule has 0 saturated carbocycles. The van der Waals surface area contributed by atoms with Crippen LogP contribution in [-0.4, -0.2) is 79.3 Å². The number of nitrogens with one attached hydrogen (secondary N) is 1. The first-order valence-corrected chi connectivity index (χ1v) is 11.8. The van der Waals surface area contributed by atoms with Gasteiger partial charge in [0.15, 0.2) is 0 Å². The van der Waals surface area contributed by atoms with E-state index in [1.165, 1.54) is 4.90 Å². The maximum atomic E-state index is 13.3. The lowest BCUT2D eigenvalue weighted by Gasteiger charge is -2.34. The minimum Gasteiger partial charge on any atom is -0.480 e. The molecular weight excluding hydrogens is 446 g/mol. The van der Waals surface area contributed by atoms with Gasteiger partial charge in [-0.05, 0) is 41.8 Å². The highest BCUT2D eigenvalue weighted by Crippen LogP contribution is 2.44. The lowest BCUT2D eigenvalue weighted by atomic mass is 9.86. The average molecular weight is 482 g/mol. The van der Waals surface area contributed by atoms with Crippen LogP contribution in [0.25, 0.3) is 11.1 Å². The predicted octanol–water partition coefficient (Wildman–Crippen LogP) is 3.41. The van der Waals surface area contributed by atoms with Crippen molar-refractivity contribution in [1.29, 1.82) is 0 Å². The van der Waals surface area contributed by atoms with Crippen molar-refractivity contribution in [2.45, 2.75) is 32.7 Å². The summed E-state index contributed by atoms with van der Waals surface area (Å²) in [7, 11) is 3.69. The number of aliphatic carboxylic acids is 1. The molecular formula is C27H35N3O5. The second kappa shape index (κ2) is 10.9. The zero-order chi connectivity index (χ0) is 25.8. The number of hydrogen-bond donors (Lipinski definition) is 2. The number of amides is 2. The van der Waals surface area contributed by atoms with Crippen molar-refractivity contribution in [2.75, 3.05) is 40.3 Å². The number of hydrogen-bond acceptors (Lipinski definition) is 5. The van der Waals surface area contributed by atoms with Crippen LogP contribution < -0.4 is 5.32 Å². The third-order valence-electron chi connectivity index (χ3n) is 6.17. The highest BCUT2D eigenvalue weighted by molar-refractivity contribution is 5.89. The van der Waals surface area contributed by atoms with Crippen molar-refractivity contribution in [3.05, 3.63) is 59.7 Å². The third-order valence-corrected chi connectivity index (χ3v) is 6.17. The summed E-state index contributed by atoms with van der Waals surface area (Å²) in [6.07, 6.45) is -0.706. The molecule has 0 saturated heterocycles. The highest BCUT2D eigenvalue weighted by Gasteiger charge is 2.37. The molecule has 35 heavy (non-hydrogen) atoms. The highest BCUT2D eigenvalue weighted by atomic mass is 16.5. The van der Waals surface area contributed by atoms with Crippen LogP contribution >= 0.6 is 0 Å². The summed E-state index contributed by atoms with van der Waals surface area (Å²) in [5.41, 5.74) is 3.80. The molecule has 0 aliphatic heterocycles.